The first kappa shape index (κ1) is 19.9. The largest absolute Gasteiger partial charge is 0.433 e. The Balaban J connectivity index is 1.72. The number of aromatic nitrogens is 2. The fourth-order valence-corrected chi connectivity index (χ4v) is 4.12. The number of nitrogens with zero attached hydrogens (tertiary/aromatic N) is 2. The molecule has 4 rings (SSSR count). The van der Waals surface area contributed by atoms with Crippen molar-refractivity contribution in [3.05, 3.63) is 69.9 Å². The molecule has 30 heavy (non-hydrogen) atoms. The molecule has 10 heteroatoms. The molecule has 0 radical (unpaired) electrons. The Morgan fingerprint density at radius 3 is 2.50 bits per heavy atom. The number of benzene rings is 1. The van der Waals surface area contributed by atoms with Crippen molar-refractivity contribution in [1.29, 1.82) is 0 Å². The Morgan fingerprint density at radius 1 is 1.13 bits per heavy atom. The highest BCUT2D eigenvalue weighted by Gasteiger charge is 2.34. The summed E-state index contributed by atoms with van der Waals surface area (Å²) in [6, 6.07) is 8.35. The van der Waals surface area contributed by atoms with Gasteiger partial charge < -0.3 is 16.4 Å². The van der Waals surface area contributed by atoms with E-state index in [-0.39, 0.29) is 0 Å². The number of rotatable bonds is 3. The van der Waals surface area contributed by atoms with Crippen LogP contribution in [0.1, 0.15) is 29.2 Å². The Labute approximate surface area is 173 Å². The van der Waals surface area contributed by atoms with E-state index in [1.165, 1.54) is 17.4 Å². The molecule has 0 saturated heterocycles. The normalized spacial score (nSPS) is 16.9. The highest BCUT2D eigenvalue weighted by atomic mass is 32.1. The Morgan fingerprint density at radius 2 is 1.87 bits per heavy atom. The van der Waals surface area contributed by atoms with Crippen molar-refractivity contribution >= 4 is 28.6 Å². The standard InChI is InChI=1S/C20H16F3N5OS/c1-10-16(18-27-14(9-30-18)11-2-5-13(24)6-3-11)17(28-19(29)26-10)12-4-7-15(25-8-12)20(21,22)23/h2-9,17H,24H2,1H3,(H2,26,28,29). The van der Waals surface area contributed by atoms with Crippen LogP contribution in [0.2, 0.25) is 0 Å². The van der Waals surface area contributed by atoms with Gasteiger partial charge in [-0.15, -0.1) is 11.3 Å². The molecule has 0 fully saturated rings. The molecule has 3 aromatic rings. The van der Waals surface area contributed by atoms with Gasteiger partial charge in [0.1, 0.15) is 10.7 Å². The van der Waals surface area contributed by atoms with Gasteiger partial charge in [0.05, 0.1) is 11.7 Å². The lowest BCUT2D eigenvalue weighted by Crippen LogP contribution is -2.42. The van der Waals surface area contributed by atoms with Crippen molar-refractivity contribution in [2.24, 2.45) is 0 Å². The van der Waals surface area contributed by atoms with Crippen LogP contribution in [0.15, 0.2) is 53.7 Å². The number of carbonyl (C=O) groups is 1. The number of nitrogen functional groups attached to an aromatic ring is 1. The highest BCUT2D eigenvalue weighted by Crippen LogP contribution is 2.38. The van der Waals surface area contributed by atoms with Gasteiger partial charge in [-0.05, 0) is 30.7 Å². The zero-order valence-corrected chi connectivity index (χ0v) is 16.4. The van der Waals surface area contributed by atoms with Crippen molar-refractivity contribution in [1.82, 2.24) is 20.6 Å². The molecule has 1 aromatic carbocycles. The Hall–Kier alpha value is -3.40. The van der Waals surface area contributed by atoms with Crippen molar-refractivity contribution in [2.75, 3.05) is 5.73 Å². The summed E-state index contributed by atoms with van der Waals surface area (Å²) in [5.41, 5.74) is 8.66. The molecule has 6 nitrogen and oxygen atoms in total. The van der Waals surface area contributed by atoms with E-state index >= 15 is 0 Å². The summed E-state index contributed by atoms with van der Waals surface area (Å²) in [5, 5.41) is 7.96. The summed E-state index contributed by atoms with van der Waals surface area (Å²) in [6.45, 7) is 1.73. The number of nitrogens with two attached hydrogens (primary N) is 1. The molecule has 1 atom stereocenters. The molecular weight excluding hydrogens is 415 g/mol. The maximum absolute atomic E-state index is 12.8. The van der Waals surface area contributed by atoms with Crippen LogP contribution in [0.3, 0.4) is 0 Å². The lowest BCUT2D eigenvalue weighted by atomic mass is 9.97. The molecular formula is C20H16F3N5OS. The number of halogens is 3. The van der Waals surface area contributed by atoms with Crippen LogP contribution in [0.25, 0.3) is 16.8 Å². The fraction of sp³-hybridized carbons (Fsp3) is 0.150. The van der Waals surface area contributed by atoms with E-state index in [2.05, 4.69) is 20.6 Å². The predicted molar refractivity (Wildman–Crippen MR) is 108 cm³/mol. The summed E-state index contributed by atoms with van der Waals surface area (Å²) in [6.07, 6.45) is -3.41. The van der Waals surface area contributed by atoms with Gasteiger partial charge in [-0.2, -0.15) is 13.2 Å². The predicted octanol–water partition coefficient (Wildman–Crippen LogP) is 4.59. The first-order valence-corrected chi connectivity index (χ1v) is 9.73. The second kappa shape index (κ2) is 7.45. The first-order chi connectivity index (χ1) is 14.2. The zero-order valence-electron chi connectivity index (χ0n) is 15.6. The fourth-order valence-electron chi connectivity index (χ4n) is 3.16. The van der Waals surface area contributed by atoms with Crippen LogP contribution in [0.4, 0.5) is 23.7 Å². The number of alkyl halides is 3. The highest BCUT2D eigenvalue weighted by molar-refractivity contribution is 7.11. The zero-order chi connectivity index (χ0) is 21.5. The maximum atomic E-state index is 12.8. The quantitative estimate of drug-likeness (QED) is 0.529. The molecule has 154 valence electrons. The summed E-state index contributed by atoms with van der Waals surface area (Å²) in [7, 11) is 0. The Kier molecular flexibility index (Phi) is 4.94. The van der Waals surface area contributed by atoms with Gasteiger partial charge in [-0.25, -0.2) is 9.78 Å². The number of allylic oxidation sites excluding steroid dienone is 1. The number of pyridine rings is 1. The van der Waals surface area contributed by atoms with Gasteiger partial charge in [0.2, 0.25) is 0 Å². The van der Waals surface area contributed by atoms with E-state index in [0.29, 0.717) is 27.5 Å². The Bertz CT molecular complexity index is 1120. The molecule has 0 spiro atoms. The van der Waals surface area contributed by atoms with Gasteiger partial charge in [-0.1, -0.05) is 18.2 Å². The molecule has 1 aliphatic rings. The van der Waals surface area contributed by atoms with Crippen molar-refractivity contribution in [3.63, 3.8) is 0 Å². The lowest BCUT2D eigenvalue weighted by molar-refractivity contribution is -0.141. The third-order valence-corrected chi connectivity index (χ3v) is 5.50. The molecule has 1 unspecified atom stereocenters. The SMILES string of the molecule is CC1=C(c2nc(-c3ccc(N)cc3)cs2)C(c2ccc(C(F)(F)F)nc2)NC(=O)N1. The summed E-state index contributed by atoms with van der Waals surface area (Å²) in [5.74, 6) is 0. The van der Waals surface area contributed by atoms with E-state index in [1.54, 1.807) is 19.1 Å². The minimum absolute atomic E-state index is 0.427. The number of hydrogen-bond donors (Lipinski definition) is 3. The molecule has 0 aliphatic carbocycles. The van der Waals surface area contributed by atoms with Gasteiger partial charge in [0.25, 0.3) is 0 Å². The van der Waals surface area contributed by atoms with E-state index in [4.69, 9.17) is 5.73 Å². The number of urea groups is 1. The number of nitrogens with one attached hydrogen (secondary N) is 2. The van der Waals surface area contributed by atoms with Crippen molar-refractivity contribution in [2.45, 2.75) is 19.1 Å². The average Bonchev–Trinajstić information content (AvgIpc) is 3.17. The minimum atomic E-state index is -4.53. The topological polar surface area (TPSA) is 92.9 Å². The van der Waals surface area contributed by atoms with Gasteiger partial charge in [0.15, 0.2) is 0 Å². The summed E-state index contributed by atoms with van der Waals surface area (Å²) >= 11 is 1.37. The van der Waals surface area contributed by atoms with Gasteiger partial charge >= 0.3 is 12.2 Å². The number of hydrogen-bond acceptors (Lipinski definition) is 5. The molecule has 2 aromatic heterocycles. The monoisotopic (exact) mass is 431 g/mol. The van der Waals surface area contributed by atoms with Crippen LogP contribution in [-0.4, -0.2) is 16.0 Å². The smallest absolute Gasteiger partial charge is 0.399 e. The molecule has 1 aliphatic heterocycles. The second-order valence-electron chi connectivity index (χ2n) is 6.70. The van der Waals surface area contributed by atoms with Crippen LogP contribution in [0.5, 0.6) is 0 Å². The van der Waals surface area contributed by atoms with Crippen molar-refractivity contribution in [3.8, 4) is 11.3 Å². The summed E-state index contributed by atoms with van der Waals surface area (Å²) < 4.78 is 38.5. The van der Waals surface area contributed by atoms with E-state index in [0.717, 1.165) is 23.5 Å². The molecule has 4 N–H and O–H groups in total. The molecule has 0 saturated carbocycles. The van der Waals surface area contributed by atoms with E-state index in [9.17, 15) is 18.0 Å². The van der Waals surface area contributed by atoms with Crippen molar-refractivity contribution < 1.29 is 18.0 Å². The first-order valence-electron chi connectivity index (χ1n) is 8.85. The third kappa shape index (κ3) is 3.86. The van der Waals surface area contributed by atoms with E-state index in [1.807, 2.05) is 17.5 Å². The van der Waals surface area contributed by atoms with Crippen LogP contribution in [-0.2, 0) is 6.18 Å². The van der Waals surface area contributed by atoms with Crippen LogP contribution >= 0.6 is 11.3 Å². The third-order valence-electron chi connectivity index (χ3n) is 4.62. The lowest BCUT2D eigenvalue weighted by Gasteiger charge is -2.28. The summed E-state index contributed by atoms with van der Waals surface area (Å²) in [4.78, 5) is 20.2. The number of carbonyl (C=O) groups excluding carboxylic acids is 1. The number of amides is 2. The van der Waals surface area contributed by atoms with Crippen LogP contribution < -0.4 is 16.4 Å². The van der Waals surface area contributed by atoms with Gasteiger partial charge in [-0.3, -0.25) is 4.98 Å². The number of anilines is 1. The number of thiazole rings is 1. The minimum Gasteiger partial charge on any atom is -0.399 e. The second-order valence-corrected chi connectivity index (χ2v) is 7.56. The average molecular weight is 431 g/mol. The van der Waals surface area contributed by atoms with Crippen LogP contribution in [0, 0.1) is 0 Å². The molecule has 0 bridgehead atoms. The van der Waals surface area contributed by atoms with Gasteiger partial charge in [0, 0.05) is 34.1 Å². The molecule has 3 heterocycles. The maximum Gasteiger partial charge on any atom is 0.433 e. The molecule has 2 amide bonds. The van der Waals surface area contributed by atoms with E-state index < -0.39 is 23.9 Å².